The second kappa shape index (κ2) is 21.9. The number of nitrogens with zero attached hydrogens (tertiary/aromatic N) is 1. The topological polar surface area (TPSA) is 0 Å². The standard InChI is InChI=1S/C16F8I2.C16H36N.HI/c17-7-5(15(25)13(23)11(21)9(7)19)3-1-2-4-6-8(18)10(20)12(22)14(24)16(6)26;1-5-9-13-17(14-10-6-2,15-11-7-3)16-12-8-4;/h;5-16H2,1-4H3;1H/q;+1;/p-1. The minimum absolute atomic E-state index is 0. The van der Waals surface area contributed by atoms with Crippen LogP contribution in [0.15, 0.2) is 0 Å². The van der Waals surface area contributed by atoms with Crippen LogP contribution in [0.2, 0.25) is 0 Å². The second-order valence-corrected chi connectivity index (χ2v) is 12.2. The van der Waals surface area contributed by atoms with Crippen molar-refractivity contribution in [2.75, 3.05) is 26.2 Å². The predicted octanol–water partition coefficient (Wildman–Crippen LogP) is 7.42. The average Bonchev–Trinajstić information content (AvgIpc) is 3.01. The van der Waals surface area contributed by atoms with Crippen molar-refractivity contribution in [3.63, 3.8) is 0 Å². The zero-order valence-electron chi connectivity index (χ0n) is 25.1. The Morgan fingerprint density at radius 2 is 0.705 bits per heavy atom. The van der Waals surface area contributed by atoms with Crippen molar-refractivity contribution in [1.29, 1.82) is 0 Å². The molecule has 0 fully saturated rings. The van der Waals surface area contributed by atoms with E-state index in [-0.39, 0.29) is 24.0 Å². The number of benzene rings is 2. The largest absolute Gasteiger partial charge is 1.00 e. The van der Waals surface area contributed by atoms with Gasteiger partial charge in [0.1, 0.15) is 0 Å². The van der Waals surface area contributed by atoms with Crippen LogP contribution < -0.4 is 24.0 Å². The molecule has 44 heavy (non-hydrogen) atoms. The summed E-state index contributed by atoms with van der Waals surface area (Å²) in [5, 5.41) is 0. The predicted molar refractivity (Wildman–Crippen MR) is 171 cm³/mol. The molecule has 0 aromatic heterocycles. The summed E-state index contributed by atoms with van der Waals surface area (Å²) < 4.78 is 106. The summed E-state index contributed by atoms with van der Waals surface area (Å²) in [7, 11) is 0. The lowest BCUT2D eigenvalue weighted by Gasteiger charge is -2.39. The van der Waals surface area contributed by atoms with Gasteiger partial charge in [-0.15, -0.1) is 0 Å². The number of rotatable bonds is 12. The van der Waals surface area contributed by atoms with Crippen LogP contribution in [0.3, 0.4) is 0 Å². The Morgan fingerprint density at radius 3 is 0.955 bits per heavy atom. The highest BCUT2D eigenvalue weighted by atomic mass is 127. The van der Waals surface area contributed by atoms with Gasteiger partial charge in [-0.1, -0.05) is 53.4 Å². The molecule has 0 radical (unpaired) electrons. The SMILES string of the molecule is CCCC[N+](CCCC)(CCCC)CCCC.Fc1c(F)c(F)c(C#CC#Cc2c(F)c(F)c(F)c(F)c2I)c(I)c1F.[I-]. The number of unbranched alkanes of at least 4 members (excludes halogenated alkanes) is 4. The lowest BCUT2D eigenvalue weighted by atomic mass is 10.1. The highest BCUT2D eigenvalue weighted by Crippen LogP contribution is 2.26. The first kappa shape index (κ1) is 43.1. The Hall–Kier alpha value is -0.850. The fraction of sp³-hybridized carbons (Fsp3) is 0.500. The van der Waals surface area contributed by atoms with Gasteiger partial charge in [0.15, 0.2) is 46.5 Å². The van der Waals surface area contributed by atoms with Gasteiger partial charge in [-0.25, -0.2) is 35.1 Å². The van der Waals surface area contributed by atoms with Gasteiger partial charge in [-0.3, -0.25) is 0 Å². The number of hydrogen-bond acceptors (Lipinski definition) is 0. The minimum atomic E-state index is -2.08. The smallest absolute Gasteiger partial charge is 0.198 e. The average molecular weight is 967 g/mol. The number of quaternary nitrogens is 1. The first-order valence-electron chi connectivity index (χ1n) is 14.2. The summed E-state index contributed by atoms with van der Waals surface area (Å²) in [4.78, 5) is 0. The maximum absolute atomic E-state index is 13.6. The maximum Gasteiger partial charge on any atom is 0.198 e. The molecule has 0 heterocycles. The summed E-state index contributed by atoms with van der Waals surface area (Å²) in [6.07, 6.45) is 11.1. The number of halogens is 11. The summed E-state index contributed by atoms with van der Waals surface area (Å²) in [5.74, 6) is -7.45. The van der Waals surface area contributed by atoms with E-state index in [0.29, 0.717) is 0 Å². The molecule has 0 bridgehead atoms. The molecule has 2 aromatic carbocycles. The molecule has 0 spiro atoms. The van der Waals surface area contributed by atoms with Crippen molar-refractivity contribution in [2.45, 2.75) is 79.1 Å². The van der Waals surface area contributed by atoms with E-state index in [9.17, 15) is 35.1 Å². The quantitative estimate of drug-likeness (QED) is 0.0520. The van der Waals surface area contributed by atoms with Crippen molar-refractivity contribution in [2.24, 2.45) is 0 Å². The zero-order valence-corrected chi connectivity index (χ0v) is 31.6. The normalized spacial score (nSPS) is 10.6. The van der Waals surface area contributed by atoms with Crippen LogP contribution >= 0.6 is 45.2 Å². The fourth-order valence-corrected chi connectivity index (χ4v) is 5.48. The molecule has 0 saturated carbocycles. The van der Waals surface area contributed by atoms with Crippen molar-refractivity contribution in [3.8, 4) is 23.7 Å². The summed E-state index contributed by atoms with van der Waals surface area (Å²) >= 11 is 2.37. The van der Waals surface area contributed by atoms with E-state index in [4.69, 9.17) is 0 Å². The van der Waals surface area contributed by atoms with Crippen molar-refractivity contribution >= 4 is 45.2 Å². The molecule has 0 atom stereocenters. The van der Waals surface area contributed by atoms with Crippen molar-refractivity contribution < 1.29 is 63.6 Å². The molecule has 0 aliphatic heterocycles. The molecule has 0 aliphatic carbocycles. The molecule has 0 saturated heterocycles. The first-order valence-corrected chi connectivity index (χ1v) is 16.4. The lowest BCUT2D eigenvalue weighted by molar-refractivity contribution is -0.929. The Kier molecular flexibility index (Phi) is 21.4. The first-order chi connectivity index (χ1) is 20.3. The highest BCUT2D eigenvalue weighted by molar-refractivity contribution is 14.1. The van der Waals surface area contributed by atoms with E-state index < -0.39 is 64.8 Å². The number of hydrogen-bond donors (Lipinski definition) is 0. The molecule has 0 N–H and O–H groups in total. The highest BCUT2D eigenvalue weighted by Gasteiger charge is 2.25. The van der Waals surface area contributed by atoms with Gasteiger partial charge in [0.05, 0.1) is 44.4 Å². The molecule has 246 valence electrons. The fourth-order valence-electron chi connectivity index (χ4n) is 4.26. The molecule has 2 aromatic rings. The van der Waals surface area contributed by atoms with Gasteiger partial charge in [0.2, 0.25) is 0 Å². The summed E-state index contributed by atoms with van der Waals surface area (Å²) in [6.45, 7) is 15.0. The Labute approximate surface area is 300 Å². The summed E-state index contributed by atoms with van der Waals surface area (Å²) in [6, 6.07) is 0. The van der Waals surface area contributed by atoms with Gasteiger partial charge < -0.3 is 28.5 Å². The monoisotopic (exact) mass is 967 g/mol. The van der Waals surface area contributed by atoms with Crippen LogP contribution in [0.25, 0.3) is 0 Å². The van der Waals surface area contributed by atoms with Gasteiger partial charge in [-0.2, -0.15) is 0 Å². The Bertz CT molecular complexity index is 1180. The van der Waals surface area contributed by atoms with Gasteiger partial charge in [0, 0.05) is 0 Å². The van der Waals surface area contributed by atoms with Gasteiger partial charge in [-0.05, 0) is 94.5 Å². The molecule has 2 rings (SSSR count). The lowest BCUT2D eigenvalue weighted by Crippen LogP contribution is -3.00. The van der Waals surface area contributed by atoms with Crippen LogP contribution in [-0.4, -0.2) is 30.7 Å². The molecule has 0 aliphatic rings. The third kappa shape index (κ3) is 12.1. The van der Waals surface area contributed by atoms with E-state index in [1.807, 2.05) is 23.7 Å². The second-order valence-electron chi connectivity index (χ2n) is 10.0. The van der Waals surface area contributed by atoms with Gasteiger partial charge in [0.25, 0.3) is 0 Å². The molecular formula is C32H36F8I3N. The van der Waals surface area contributed by atoms with E-state index >= 15 is 0 Å². The van der Waals surface area contributed by atoms with E-state index in [0.717, 1.165) is 0 Å². The van der Waals surface area contributed by atoms with Crippen molar-refractivity contribution in [1.82, 2.24) is 0 Å². The van der Waals surface area contributed by atoms with Crippen LogP contribution in [0, 0.1) is 77.4 Å². The van der Waals surface area contributed by atoms with Crippen LogP contribution in [0.5, 0.6) is 0 Å². The van der Waals surface area contributed by atoms with E-state index in [2.05, 4.69) is 27.7 Å². The maximum atomic E-state index is 13.6. The molecule has 12 heteroatoms. The third-order valence-electron chi connectivity index (χ3n) is 6.80. The van der Waals surface area contributed by atoms with E-state index in [1.54, 1.807) is 0 Å². The van der Waals surface area contributed by atoms with Crippen LogP contribution in [0.1, 0.15) is 90.2 Å². The summed E-state index contributed by atoms with van der Waals surface area (Å²) in [5.41, 5.74) is -1.69. The Balaban J connectivity index is 0.000000900. The van der Waals surface area contributed by atoms with Crippen LogP contribution in [-0.2, 0) is 0 Å². The minimum Gasteiger partial charge on any atom is -1.00 e. The van der Waals surface area contributed by atoms with Crippen LogP contribution in [0.4, 0.5) is 35.1 Å². The third-order valence-corrected chi connectivity index (χ3v) is 8.83. The molecule has 0 amide bonds. The van der Waals surface area contributed by atoms with Gasteiger partial charge >= 0.3 is 0 Å². The molecule has 0 unspecified atom stereocenters. The van der Waals surface area contributed by atoms with E-state index in [1.165, 1.54) is 127 Å². The Morgan fingerprint density at radius 1 is 0.455 bits per heavy atom. The molecule has 1 nitrogen and oxygen atoms in total. The van der Waals surface area contributed by atoms with Crippen molar-refractivity contribution in [3.05, 3.63) is 64.8 Å². The molecular weight excluding hydrogens is 931 g/mol. The zero-order chi connectivity index (χ0) is 32.7.